The van der Waals surface area contributed by atoms with E-state index in [0.29, 0.717) is 30.9 Å². The SMILES string of the molecule is CCOC(=O)CCCCCOc1ccc(F)cc1[C@H](C)N. The van der Waals surface area contributed by atoms with Crippen LogP contribution in [0.5, 0.6) is 5.75 Å². The first kappa shape index (κ1) is 17.4. The van der Waals surface area contributed by atoms with E-state index in [2.05, 4.69) is 0 Å². The van der Waals surface area contributed by atoms with E-state index in [1.54, 1.807) is 19.9 Å². The number of esters is 1. The first-order valence-electron chi connectivity index (χ1n) is 7.38. The Hall–Kier alpha value is -1.62. The topological polar surface area (TPSA) is 61.5 Å². The fourth-order valence-corrected chi connectivity index (χ4v) is 1.97. The molecule has 1 atom stereocenters. The van der Waals surface area contributed by atoms with Crippen molar-refractivity contribution in [3.8, 4) is 5.75 Å². The van der Waals surface area contributed by atoms with Crippen LogP contribution in [0.25, 0.3) is 0 Å². The van der Waals surface area contributed by atoms with Crippen molar-refractivity contribution >= 4 is 5.97 Å². The molecular weight excluding hydrogens is 273 g/mol. The lowest BCUT2D eigenvalue weighted by molar-refractivity contribution is -0.143. The number of halogens is 1. The van der Waals surface area contributed by atoms with Crippen LogP contribution in [0.4, 0.5) is 4.39 Å². The van der Waals surface area contributed by atoms with Gasteiger partial charge in [0.25, 0.3) is 0 Å². The van der Waals surface area contributed by atoms with E-state index < -0.39 is 0 Å². The van der Waals surface area contributed by atoms with Crippen molar-refractivity contribution in [3.63, 3.8) is 0 Å². The molecule has 4 nitrogen and oxygen atoms in total. The maximum absolute atomic E-state index is 13.2. The standard InChI is InChI=1S/C16H24FNO3/c1-3-20-16(19)7-5-4-6-10-21-15-9-8-13(17)11-14(15)12(2)18/h8-9,11-12H,3-7,10,18H2,1-2H3/t12-/m0/s1. The average molecular weight is 297 g/mol. The highest BCUT2D eigenvalue weighted by Crippen LogP contribution is 2.25. The van der Waals surface area contributed by atoms with E-state index >= 15 is 0 Å². The normalized spacial score (nSPS) is 12.0. The summed E-state index contributed by atoms with van der Waals surface area (Å²) in [5.74, 6) is 0.150. The molecule has 1 aromatic rings. The minimum atomic E-state index is -0.316. The molecule has 0 aliphatic heterocycles. The van der Waals surface area contributed by atoms with Gasteiger partial charge in [-0.1, -0.05) is 0 Å². The third kappa shape index (κ3) is 6.58. The van der Waals surface area contributed by atoms with E-state index in [0.717, 1.165) is 19.3 Å². The number of hydrogen-bond donors (Lipinski definition) is 1. The fourth-order valence-electron chi connectivity index (χ4n) is 1.97. The molecular formula is C16H24FNO3. The Balaban J connectivity index is 2.28. The zero-order valence-electron chi connectivity index (χ0n) is 12.7. The second-order valence-electron chi connectivity index (χ2n) is 4.93. The van der Waals surface area contributed by atoms with E-state index in [-0.39, 0.29) is 17.8 Å². The Morgan fingerprint density at radius 2 is 2.10 bits per heavy atom. The third-order valence-electron chi connectivity index (χ3n) is 3.05. The van der Waals surface area contributed by atoms with Crippen LogP contribution in [0.1, 0.15) is 51.1 Å². The number of benzene rings is 1. The van der Waals surface area contributed by atoms with Gasteiger partial charge in [0.05, 0.1) is 13.2 Å². The summed E-state index contributed by atoms with van der Waals surface area (Å²) in [6.07, 6.45) is 2.93. The molecule has 0 unspecified atom stereocenters. The highest BCUT2D eigenvalue weighted by atomic mass is 19.1. The van der Waals surface area contributed by atoms with Crippen molar-refractivity contribution in [1.29, 1.82) is 0 Å². The van der Waals surface area contributed by atoms with Gasteiger partial charge in [-0.3, -0.25) is 4.79 Å². The zero-order valence-corrected chi connectivity index (χ0v) is 12.7. The lowest BCUT2D eigenvalue weighted by atomic mass is 10.1. The lowest BCUT2D eigenvalue weighted by Gasteiger charge is -2.14. The van der Waals surface area contributed by atoms with Gasteiger partial charge in [0.1, 0.15) is 11.6 Å². The van der Waals surface area contributed by atoms with Gasteiger partial charge >= 0.3 is 5.97 Å². The maximum atomic E-state index is 13.2. The molecule has 0 fully saturated rings. The van der Waals surface area contributed by atoms with Crippen LogP contribution in [-0.4, -0.2) is 19.2 Å². The van der Waals surface area contributed by atoms with Crippen molar-refractivity contribution in [2.24, 2.45) is 5.73 Å². The molecule has 2 N–H and O–H groups in total. The van der Waals surface area contributed by atoms with Crippen molar-refractivity contribution < 1.29 is 18.7 Å². The molecule has 0 saturated heterocycles. The second kappa shape index (κ2) is 9.34. The summed E-state index contributed by atoms with van der Waals surface area (Å²) in [4.78, 5) is 11.1. The first-order chi connectivity index (χ1) is 10.0. The van der Waals surface area contributed by atoms with Crippen LogP contribution in [0.15, 0.2) is 18.2 Å². The fraction of sp³-hybridized carbons (Fsp3) is 0.562. The molecule has 0 radical (unpaired) electrons. The minimum Gasteiger partial charge on any atom is -0.493 e. The van der Waals surface area contributed by atoms with Gasteiger partial charge in [-0.2, -0.15) is 0 Å². The summed E-state index contributed by atoms with van der Waals surface area (Å²) in [6, 6.07) is 4.09. The van der Waals surface area contributed by atoms with Crippen molar-refractivity contribution in [2.45, 2.75) is 45.6 Å². The van der Waals surface area contributed by atoms with Crippen molar-refractivity contribution in [2.75, 3.05) is 13.2 Å². The summed E-state index contributed by atoms with van der Waals surface area (Å²) in [5.41, 5.74) is 6.47. The van der Waals surface area contributed by atoms with Crippen LogP contribution in [-0.2, 0) is 9.53 Å². The molecule has 0 aliphatic carbocycles. The largest absolute Gasteiger partial charge is 0.493 e. The smallest absolute Gasteiger partial charge is 0.305 e. The summed E-state index contributed by atoms with van der Waals surface area (Å²) in [6.45, 7) is 4.53. The number of carbonyl (C=O) groups excluding carboxylic acids is 1. The summed E-state index contributed by atoms with van der Waals surface area (Å²) in [7, 11) is 0. The number of rotatable bonds is 9. The van der Waals surface area contributed by atoms with Crippen molar-refractivity contribution in [1.82, 2.24) is 0 Å². The molecule has 118 valence electrons. The summed E-state index contributed by atoms with van der Waals surface area (Å²) < 4.78 is 23.7. The molecule has 0 aliphatic rings. The highest BCUT2D eigenvalue weighted by Gasteiger charge is 2.09. The monoisotopic (exact) mass is 297 g/mol. The van der Waals surface area contributed by atoms with Crippen LogP contribution in [0.3, 0.4) is 0 Å². The maximum Gasteiger partial charge on any atom is 0.305 e. The Labute approximate surface area is 125 Å². The van der Waals surface area contributed by atoms with Crippen LogP contribution < -0.4 is 10.5 Å². The zero-order chi connectivity index (χ0) is 15.7. The van der Waals surface area contributed by atoms with Gasteiger partial charge < -0.3 is 15.2 Å². The van der Waals surface area contributed by atoms with Gasteiger partial charge in [0.15, 0.2) is 0 Å². The second-order valence-corrected chi connectivity index (χ2v) is 4.93. The summed E-state index contributed by atoms with van der Waals surface area (Å²) >= 11 is 0. The molecule has 1 rings (SSSR count). The van der Waals surface area contributed by atoms with Crippen LogP contribution >= 0.6 is 0 Å². The quantitative estimate of drug-likeness (QED) is 0.561. The van der Waals surface area contributed by atoms with E-state index in [9.17, 15) is 9.18 Å². The molecule has 0 aromatic heterocycles. The molecule has 0 heterocycles. The van der Waals surface area contributed by atoms with E-state index in [1.807, 2.05) is 0 Å². The Bertz CT molecular complexity index is 449. The van der Waals surface area contributed by atoms with Crippen LogP contribution in [0.2, 0.25) is 0 Å². The average Bonchev–Trinajstić information content (AvgIpc) is 2.44. The minimum absolute atomic E-state index is 0.156. The lowest BCUT2D eigenvalue weighted by Crippen LogP contribution is -2.09. The molecule has 0 spiro atoms. The third-order valence-corrected chi connectivity index (χ3v) is 3.05. The van der Waals surface area contributed by atoms with E-state index in [4.69, 9.17) is 15.2 Å². The van der Waals surface area contributed by atoms with Gasteiger partial charge in [-0.15, -0.1) is 0 Å². The number of unbranched alkanes of at least 4 members (excludes halogenated alkanes) is 2. The first-order valence-corrected chi connectivity index (χ1v) is 7.38. The molecule has 1 aromatic carbocycles. The number of hydrogen-bond acceptors (Lipinski definition) is 4. The van der Waals surface area contributed by atoms with Gasteiger partial charge in [0.2, 0.25) is 0 Å². The number of nitrogens with two attached hydrogens (primary N) is 1. The molecule has 0 bridgehead atoms. The highest BCUT2D eigenvalue weighted by molar-refractivity contribution is 5.69. The summed E-state index contributed by atoms with van der Waals surface area (Å²) in [5, 5.41) is 0. The molecule has 21 heavy (non-hydrogen) atoms. The molecule has 0 amide bonds. The van der Waals surface area contributed by atoms with Crippen molar-refractivity contribution in [3.05, 3.63) is 29.6 Å². The predicted octanol–water partition coefficient (Wildman–Crippen LogP) is 3.35. The van der Waals surface area contributed by atoms with Gasteiger partial charge in [0, 0.05) is 18.0 Å². The Morgan fingerprint density at radius 3 is 2.76 bits per heavy atom. The van der Waals surface area contributed by atoms with Gasteiger partial charge in [-0.25, -0.2) is 4.39 Å². The Morgan fingerprint density at radius 1 is 1.33 bits per heavy atom. The molecule has 5 heteroatoms. The van der Waals surface area contributed by atoms with Gasteiger partial charge in [-0.05, 0) is 51.3 Å². The van der Waals surface area contributed by atoms with Crippen LogP contribution in [0, 0.1) is 5.82 Å². The Kier molecular flexibility index (Phi) is 7.75. The molecule has 0 saturated carbocycles. The van der Waals surface area contributed by atoms with E-state index in [1.165, 1.54) is 12.1 Å². The number of ether oxygens (including phenoxy) is 2. The number of carbonyl (C=O) groups is 1. The predicted molar refractivity (Wildman–Crippen MR) is 79.6 cm³/mol.